The smallest absolute Gasteiger partial charge is 0.328 e. The van der Waals surface area contributed by atoms with Crippen molar-refractivity contribution >= 4 is 21.6 Å². The first-order chi connectivity index (χ1) is 15.9. The highest BCUT2D eigenvalue weighted by Crippen LogP contribution is 2.45. The molecule has 1 aliphatic heterocycles. The Kier molecular flexibility index (Phi) is 5.82. The highest BCUT2D eigenvalue weighted by atomic mass is 32.1. The van der Waals surface area contributed by atoms with Crippen LogP contribution in [0, 0.1) is 5.92 Å². The largest absolute Gasteiger partial charge is 0.496 e. The number of fused-ring (bicyclic) bond motifs is 4. The van der Waals surface area contributed by atoms with Gasteiger partial charge in [-0.25, -0.2) is 4.79 Å². The van der Waals surface area contributed by atoms with Crippen LogP contribution in [0.25, 0.3) is 10.2 Å². The van der Waals surface area contributed by atoms with Crippen LogP contribution in [0.15, 0.2) is 27.8 Å². The molecular weight excluding hydrogens is 438 g/mol. The van der Waals surface area contributed by atoms with Crippen molar-refractivity contribution in [2.75, 3.05) is 20.8 Å². The summed E-state index contributed by atoms with van der Waals surface area (Å²) < 4.78 is 13.0. The molecule has 1 aromatic carbocycles. The molecule has 2 N–H and O–H groups in total. The molecule has 1 saturated heterocycles. The molecular formula is C25H31N3O4S. The Hall–Kier alpha value is -2.58. The van der Waals surface area contributed by atoms with Gasteiger partial charge in [-0.2, -0.15) is 0 Å². The molecule has 5 rings (SSSR count). The first-order valence-corrected chi connectivity index (χ1v) is 12.5. The van der Waals surface area contributed by atoms with Crippen LogP contribution < -0.4 is 26.0 Å². The fraction of sp³-hybridized carbons (Fsp3) is 0.520. The van der Waals surface area contributed by atoms with E-state index in [-0.39, 0.29) is 23.2 Å². The number of ether oxygens (including phenoxy) is 2. The number of thiophene rings is 1. The Morgan fingerprint density at radius 1 is 1.21 bits per heavy atom. The van der Waals surface area contributed by atoms with Crippen LogP contribution in [0.2, 0.25) is 0 Å². The minimum Gasteiger partial charge on any atom is -0.496 e. The lowest BCUT2D eigenvalue weighted by Crippen LogP contribution is -2.37. The van der Waals surface area contributed by atoms with Crippen LogP contribution in [0.3, 0.4) is 0 Å². The second kappa shape index (κ2) is 8.65. The van der Waals surface area contributed by atoms with Crippen LogP contribution in [0.1, 0.15) is 55.2 Å². The lowest BCUT2D eigenvalue weighted by molar-refractivity contribution is 0.371. The number of hydrogen-bond acceptors (Lipinski definition) is 6. The van der Waals surface area contributed by atoms with Crippen LogP contribution in [0.5, 0.6) is 10.8 Å². The topological polar surface area (TPSA) is 85.3 Å². The molecule has 2 aromatic heterocycles. The van der Waals surface area contributed by atoms with Crippen molar-refractivity contribution < 1.29 is 9.47 Å². The van der Waals surface area contributed by atoms with E-state index in [1.807, 2.05) is 19.9 Å². The summed E-state index contributed by atoms with van der Waals surface area (Å²) in [7, 11) is 3.33. The van der Waals surface area contributed by atoms with Gasteiger partial charge >= 0.3 is 5.69 Å². The third-order valence-electron chi connectivity index (χ3n) is 7.35. The second-order valence-electron chi connectivity index (χ2n) is 9.41. The van der Waals surface area contributed by atoms with Crippen molar-refractivity contribution in [3.63, 3.8) is 0 Å². The number of hydrogen-bond donors (Lipinski definition) is 2. The van der Waals surface area contributed by atoms with E-state index in [0.717, 1.165) is 30.7 Å². The molecule has 0 saturated carbocycles. The van der Waals surface area contributed by atoms with Crippen molar-refractivity contribution in [2.24, 2.45) is 5.92 Å². The van der Waals surface area contributed by atoms with E-state index in [0.29, 0.717) is 40.1 Å². The van der Waals surface area contributed by atoms with E-state index >= 15 is 0 Å². The van der Waals surface area contributed by atoms with Crippen LogP contribution in [-0.4, -0.2) is 36.4 Å². The van der Waals surface area contributed by atoms with Gasteiger partial charge in [0, 0.05) is 24.1 Å². The maximum absolute atomic E-state index is 13.3. The highest BCUT2D eigenvalue weighted by Gasteiger charge is 2.40. The zero-order valence-electron chi connectivity index (χ0n) is 19.6. The first kappa shape index (κ1) is 22.2. The Bertz CT molecular complexity index is 1310. The predicted octanol–water partition coefficient (Wildman–Crippen LogP) is 3.60. The van der Waals surface area contributed by atoms with Crippen molar-refractivity contribution in [1.29, 1.82) is 0 Å². The summed E-state index contributed by atoms with van der Waals surface area (Å²) >= 11 is 1.32. The Balaban J connectivity index is 1.46. The quantitative estimate of drug-likeness (QED) is 0.576. The Morgan fingerprint density at radius 3 is 2.76 bits per heavy atom. The molecule has 176 valence electrons. The fourth-order valence-electron chi connectivity index (χ4n) is 5.84. The second-order valence-corrected chi connectivity index (χ2v) is 10.4. The number of nitrogens with zero attached hydrogens (tertiary/aromatic N) is 1. The number of H-pyrrole nitrogens is 1. The molecule has 3 atom stereocenters. The normalized spacial score (nSPS) is 21.9. The summed E-state index contributed by atoms with van der Waals surface area (Å²) in [6.45, 7) is 5.41. The van der Waals surface area contributed by atoms with E-state index in [1.165, 1.54) is 27.0 Å². The highest BCUT2D eigenvalue weighted by molar-refractivity contribution is 7.20. The summed E-state index contributed by atoms with van der Waals surface area (Å²) in [5.41, 5.74) is 3.58. The fourth-order valence-corrected chi connectivity index (χ4v) is 7.01. The lowest BCUT2D eigenvalue weighted by Gasteiger charge is -2.32. The number of benzene rings is 1. The third-order valence-corrected chi connectivity index (χ3v) is 8.51. The maximum atomic E-state index is 13.3. The van der Waals surface area contributed by atoms with Crippen LogP contribution >= 0.6 is 11.3 Å². The minimum absolute atomic E-state index is 0.141. The molecule has 0 spiro atoms. The van der Waals surface area contributed by atoms with E-state index in [2.05, 4.69) is 22.4 Å². The molecule has 3 heterocycles. The summed E-state index contributed by atoms with van der Waals surface area (Å²) in [4.78, 5) is 29.2. The maximum Gasteiger partial charge on any atom is 0.328 e. The zero-order chi connectivity index (χ0) is 23.3. The van der Waals surface area contributed by atoms with E-state index in [1.54, 1.807) is 14.2 Å². The average molecular weight is 470 g/mol. The van der Waals surface area contributed by atoms with Gasteiger partial charge in [-0.05, 0) is 54.8 Å². The number of aromatic nitrogens is 2. The van der Waals surface area contributed by atoms with Gasteiger partial charge in [-0.1, -0.05) is 37.3 Å². The van der Waals surface area contributed by atoms with E-state index in [4.69, 9.17) is 9.47 Å². The predicted molar refractivity (Wildman–Crippen MR) is 131 cm³/mol. The summed E-state index contributed by atoms with van der Waals surface area (Å²) in [6.07, 6.45) is 2.87. The molecule has 1 aliphatic carbocycles. The van der Waals surface area contributed by atoms with Gasteiger partial charge in [0.05, 0.1) is 19.7 Å². The molecule has 0 radical (unpaired) electrons. The minimum atomic E-state index is -0.352. The molecule has 0 bridgehead atoms. The summed E-state index contributed by atoms with van der Waals surface area (Å²) in [6, 6.07) is 6.53. The van der Waals surface area contributed by atoms with Crippen molar-refractivity contribution in [3.8, 4) is 10.8 Å². The summed E-state index contributed by atoms with van der Waals surface area (Å²) in [5.74, 6) is 2.05. The molecule has 3 aromatic rings. The number of rotatable bonds is 6. The van der Waals surface area contributed by atoms with Crippen LogP contribution in [-0.2, 0) is 13.0 Å². The lowest BCUT2D eigenvalue weighted by atomic mass is 9.73. The molecule has 2 aliphatic rings. The van der Waals surface area contributed by atoms with Crippen molar-refractivity contribution in [1.82, 2.24) is 14.9 Å². The van der Waals surface area contributed by atoms with E-state index < -0.39 is 0 Å². The van der Waals surface area contributed by atoms with Crippen molar-refractivity contribution in [3.05, 3.63) is 55.7 Å². The van der Waals surface area contributed by atoms with Gasteiger partial charge in [0.2, 0.25) is 0 Å². The molecule has 8 heteroatoms. The third kappa shape index (κ3) is 3.60. The van der Waals surface area contributed by atoms with Gasteiger partial charge in [0.25, 0.3) is 5.56 Å². The Morgan fingerprint density at radius 2 is 2.03 bits per heavy atom. The molecule has 1 fully saturated rings. The van der Waals surface area contributed by atoms with Gasteiger partial charge in [0.1, 0.15) is 10.4 Å². The van der Waals surface area contributed by atoms with Gasteiger partial charge in [-0.15, -0.1) is 0 Å². The summed E-state index contributed by atoms with van der Waals surface area (Å²) in [5, 5.41) is 4.37. The number of methoxy groups -OCH3 is 2. The first-order valence-electron chi connectivity index (χ1n) is 11.7. The zero-order valence-corrected chi connectivity index (χ0v) is 20.4. The average Bonchev–Trinajstić information content (AvgIpc) is 3.40. The standard InChI is InChI=1S/C25H31N3O4S/c1-13(2)19-21-22(33-24(19)32-4)23(29)28(25(30)27-21)11-10-17-20-14(12-26-17)8-9-15-16(20)6-5-7-18(15)31-3/h5-7,13-14,17,20,26H,8-12H2,1-4H3,(H,27,30)/t14-,17?,20+/m0/s1. The number of aromatic amines is 1. The van der Waals surface area contributed by atoms with Gasteiger partial charge < -0.3 is 19.8 Å². The van der Waals surface area contributed by atoms with Crippen molar-refractivity contribution in [2.45, 2.75) is 57.5 Å². The molecule has 7 nitrogen and oxygen atoms in total. The monoisotopic (exact) mass is 469 g/mol. The van der Waals surface area contributed by atoms with Crippen LogP contribution in [0.4, 0.5) is 0 Å². The molecule has 1 unspecified atom stereocenters. The molecule has 33 heavy (non-hydrogen) atoms. The Labute approximate surface area is 196 Å². The van der Waals surface area contributed by atoms with Gasteiger partial charge in [0.15, 0.2) is 5.06 Å². The SMILES string of the molecule is COc1cccc2c1CC[C@H]1CNC(CCn3c(=O)[nH]c4c(C(C)C)c(OC)sc4c3=O)[C@@H]21. The molecule has 0 amide bonds. The number of nitrogens with one attached hydrogen (secondary N) is 2. The van der Waals surface area contributed by atoms with E-state index in [9.17, 15) is 9.59 Å². The van der Waals surface area contributed by atoms with Gasteiger partial charge in [-0.3, -0.25) is 9.36 Å².